The Morgan fingerprint density at radius 2 is 1.84 bits per heavy atom. The van der Waals surface area contributed by atoms with Crippen LogP contribution in [0, 0.1) is 0 Å². The van der Waals surface area contributed by atoms with Crippen LogP contribution in [0.15, 0.2) is 72.1 Å². The fraction of sp³-hybridized carbons (Fsp3) is 0.174. The van der Waals surface area contributed by atoms with Crippen molar-refractivity contribution >= 4 is 29.5 Å². The second kappa shape index (κ2) is 8.65. The number of fused-ring (bicyclic) bond motifs is 1. The smallest absolute Gasteiger partial charge is 0.440 e. The molecule has 2 N–H and O–H groups in total. The first-order chi connectivity index (χ1) is 15.0. The van der Waals surface area contributed by atoms with Gasteiger partial charge in [-0.3, -0.25) is 0 Å². The third-order valence-corrected chi connectivity index (χ3v) is 5.36. The van der Waals surface area contributed by atoms with E-state index in [1.54, 1.807) is 48.5 Å². The highest BCUT2D eigenvalue weighted by Crippen LogP contribution is 2.44. The van der Waals surface area contributed by atoms with Crippen molar-refractivity contribution in [2.75, 3.05) is 5.32 Å². The Bertz CT molecular complexity index is 1170. The van der Waals surface area contributed by atoms with E-state index in [-0.39, 0.29) is 5.57 Å². The predicted molar refractivity (Wildman–Crippen MR) is 117 cm³/mol. The van der Waals surface area contributed by atoms with Crippen LogP contribution >= 0.6 is 11.6 Å². The number of nitrogens with one attached hydrogen (secondary N) is 1. The summed E-state index contributed by atoms with van der Waals surface area (Å²) in [7, 11) is 0. The van der Waals surface area contributed by atoms with Crippen LogP contribution in [0.3, 0.4) is 0 Å². The zero-order valence-electron chi connectivity index (χ0n) is 16.7. The number of hydrogen-bond donors (Lipinski definition) is 2. The number of rotatable bonds is 5. The Morgan fingerprint density at radius 1 is 1.13 bits per heavy atom. The number of carbonyl (C=O) groups is 2. The van der Waals surface area contributed by atoms with Gasteiger partial charge in [0.15, 0.2) is 5.82 Å². The number of aliphatic carboxylic acids is 1. The van der Waals surface area contributed by atoms with E-state index in [9.17, 15) is 14.7 Å². The van der Waals surface area contributed by atoms with Crippen molar-refractivity contribution in [3.63, 3.8) is 0 Å². The molecule has 158 valence electrons. The van der Waals surface area contributed by atoms with Gasteiger partial charge in [-0.25, -0.2) is 9.59 Å². The largest absolute Gasteiger partial charge is 0.478 e. The van der Waals surface area contributed by atoms with Gasteiger partial charge in [-0.1, -0.05) is 61.3 Å². The summed E-state index contributed by atoms with van der Waals surface area (Å²) < 4.78 is 6.44. The molecule has 1 atom stereocenters. The third kappa shape index (κ3) is 4.04. The summed E-state index contributed by atoms with van der Waals surface area (Å²) in [6.07, 6.45) is 2.05. The predicted octanol–water partition coefficient (Wildman–Crippen LogP) is 5.28. The third-order valence-electron chi connectivity index (χ3n) is 5.02. The van der Waals surface area contributed by atoms with Crippen molar-refractivity contribution < 1.29 is 19.4 Å². The van der Waals surface area contributed by atoms with Gasteiger partial charge in [0, 0.05) is 28.4 Å². The zero-order valence-corrected chi connectivity index (χ0v) is 17.5. The Kier molecular flexibility index (Phi) is 5.77. The molecular formula is C23H20ClN3O4. The van der Waals surface area contributed by atoms with Gasteiger partial charge in [-0.2, -0.15) is 4.68 Å². The van der Waals surface area contributed by atoms with Gasteiger partial charge in [0.05, 0.1) is 5.57 Å². The second-order valence-corrected chi connectivity index (χ2v) is 7.49. The Balaban J connectivity index is 1.80. The van der Waals surface area contributed by atoms with E-state index in [2.05, 4.69) is 10.4 Å². The first-order valence-corrected chi connectivity index (χ1v) is 10.2. The van der Waals surface area contributed by atoms with Crippen LogP contribution < -0.4 is 10.1 Å². The van der Waals surface area contributed by atoms with Crippen LogP contribution in [0.5, 0.6) is 5.75 Å². The summed E-state index contributed by atoms with van der Waals surface area (Å²) in [5.41, 5.74) is 1.91. The van der Waals surface area contributed by atoms with Crippen molar-refractivity contribution in [3.8, 4) is 5.75 Å². The molecule has 0 saturated carbocycles. The Hall–Kier alpha value is -3.58. The first-order valence-electron chi connectivity index (χ1n) is 9.84. The summed E-state index contributed by atoms with van der Waals surface area (Å²) in [4.78, 5) is 24.9. The molecule has 8 heteroatoms. The van der Waals surface area contributed by atoms with Crippen LogP contribution in [0.2, 0.25) is 5.02 Å². The molecule has 0 saturated heterocycles. The molecule has 31 heavy (non-hydrogen) atoms. The Labute approximate surface area is 183 Å². The molecule has 0 bridgehead atoms. The van der Waals surface area contributed by atoms with Crippen LogP contribution in [0.25, 0.3) is 0 Å². The van der Waals surface area contributed by atoms with E-state index in [0.717, 1.165) is 11.1 Å². The number of aromatic nitrogens is 2. The van der Waals surface area contributed by atoms with Crippen LogP contribution in [0.4, 0.5) is 10.6 Å². The topological polar surface area (TPSA) is 93.5 Å². The number of allylic oxidation sites excluding steroid dienone is 1. The lowest BCUT2D eigenvalue weighted by Gasteiger charge is -2.27. The highest BCUT2D eigenvalue weighted by atomic mass is 35.5. The number of anilines is 1. The van der Waals surface area contributed by atoms with Crippen molar-refractivity contribution in [2.24, 2.45) is 0 Å². The van der Waals surface area contributed by atoms with Crippen LogP contribution in [-0.2, 0) is 4.79 Å². The fourth-order valence-corrected chi connectivity index (χ4v) is 3.94. The molecule has 0 spiro atoms. The molecule has 2 aromatic carbocycles. The number of nitrogens with zero attached hydrogens (tertiary/aromatic N) is 2. The summed E-state index contributed by atoms with van der Waals surface area (Å²) in [6.45, 7) is 1.96. The molecule has 1 aromatic heterocycles. The molecule has 1 unspecified atom stereocenters. The molecule has 3 aromatic rings. The number of ether oxygens (including phenoxy) is 1. The summed E-state index contributed by atoms with van der Waals surface area (Å²) in [5, 5.41) is 17.9. The highest BCUT2D eigenvalue weighted by molar-refractivity contribution is 6.31. The maximum Gasteiger partial charge on any atom is 0.440 e. The molecule has 1 aliphatic rings. The average molecular weight is 438 g/mol. The van der Waals surface area contributed by atoms with Gasteiger partial charge in [0.1, 0.15) is 5.75 Å². The van der Waals surface area contributed by atoms with E-state index >= 15 is 0 Å². The number of halogens is 1. The fourth-order valence-electron chi connectivity index (χ4n) is 3.70. The lowest BCUT2D eigenvalue weighted by Crippen LogP contribution is -2.23. The molecule has 0 amide bonds. The minimum absolute atomic E-state index is 0.193. The summed E-state index contributed by atoms with van der Waals surface area (Å²) in [5.74, 6) is -0.940. The van der Waals surface area contributed by atoms with Gasteiger partial charge in [-0.05, 0) is 30.2 Å². The maximum absolute atomic E-state index is 12.7. The van der Waals surface area contributed by atoms with Crippen molar-refractivity contribution in [1.82, 2.24) is 9.78 Å². The van der Waals surface area contributed by atoms with Gasteiger partial charge in [0.25, 0.3) is 0 Å². The monoisotopic (exact) mass is 437 g/mol. The SMILES string of the molecule is CCCC1=C(C(=O)O)C(c2ccccc2Cl)c2cn(C(=O)Oc3ccccc3)nc2N1. The molecule has 2 heterocycles. The number of benzene rings is 2. The van der Waals surface area contributed by atoms with Crippen molar-refractivity contribution in [1.29, 1.82) is 0 Å². The van der Waals surface area contributed by atoms with E-state index in [0.29, 0.717) is 39.8 Å². The van der Waals surface area contributed by atoms with Crippen molar-refractivity contribution in [2.45, 2.75) is 25.7 Å². The standard InChI is InChI=1S/C23H20ClN3O4/c1-2-8-18-20(22(28)29)19(15-11-6-7-12-17(15)24)16-13-27(26-21(16)25-18)23(30)31-14-9-4-3-5-10-14/h3-7,9-13,19H,2,8H2,1H3,(H,25,26)(H,28,29). The van der Waals surface area contributed by atoms with Crippen molar-refractivity contribution in [3.05, 3.63) is 88.2 Å². The lowest BCUT2D eigenvalue weighted by atomic mass is 9.82. The van der Waals surface area contributed by atoms with E-state index < -0.39 is 18.0 Å². The summed E-state index contributed by atoms with van der Waals surface area (Å²) >= 11 is 6.44. The van der Waals surface area contributed by atoms with E-state index in [4.69, 9.17) is 16.3 Å². The number of para-hydroxylation sites is 1. The zero-order chi connectivity index (χ0) is 22.0. The number of carboxylic acids is 1. The molecule has 1 aliphatic heterocycles. The second-order valence-electron chi connectivity index (χ2n) is 7.09. The number of hydrogen-bond acceptors (Lipinski definition) is 5. The van der Waals surface area contributed by atoms with Gasteiger partial charge in [0.2, 0.25) is 0 Å². The highest BCUT2D eigenvalue weighted by Gasteiger charge is 2.36. The van der Waals surface area contributed by atoms with E-state index in [1.807, 2.05) is 13.0 Å². The molecule has 4 rings (SSSR count). The van der Waals surface area contributed by atoms with E-state index in [1.165, 1.54) is 6.20 Å². The quantitative estimate of drug-likeness (QED) is 0.564. The molecule has 0 aliphatic carbocycles. The summed E-state index contributed by atoms with van der Waals surface area (Å²) in [6, 6.07) is 15.7. The Morgan fingerprint density at radius 3 is 2.52 bits per heavy atom. The molecule has 0 radical (unpaired) electrons. The molecular weight excluding hydrogens is 418 g/mol. The molecule has 0 fully saturated rings. The van der Waals surface area contributed by atoms with Crippen LogP contribution in [-0.4, -0.2) is 26.9 Å². The van der Waals surface area contributed by atoms with Gasteiger partial charge >= 0.3 is 12.1 Å². The minimum Gasteiger partial charge on any atom is -0.478 e. The molecule has 7 nitrogen and oxygen atoms in total. The number of carbonyl (C=O) groups excluding carboxylic acids is 1. The lowest BCUT2D eigenvalue weighted by molar-refractivity contribution is -0.133. The van der Waals surface area contributed by atoms with Crippen LogP contribution in [0.1, 0.15) is 36.8 Å². The normalized spacial score (nSPS) is 15.2. The first kappa shape index (κ1) is 20.7. The average Bonchev–Trinajstić information content (AvgIpc) is 3.18. The van der Waals surface area contributed by atoms with Gasteiger partial charge in [-0.15, -0.1) is 5.10 Å². The number of carboxylic acid groups (broad SMARTS) is 1. The van der Waals surface area contributed by atoms with Gasteiger partial charge < -0.3 is 15.2 Å². The minimum atomic E-state index is -1.05. The maximum atomic E-state index is 12.7.